The van der Waals surface area contributed by atoms with E-state index in [9.17, 15) is 8.42 Å². The Labute approximate surface area is 128 Å². The number of hydrogen-bond acceptors (Lipinski definition) is 5. The number of hydrogen-bond donors (Lipinski definition) is 2. The van der Waals surface area contributed by atoms with E-state index in [0.29, 0.717) is 18.2 Å². The highest BCUT2D eigenvalue weighted by molar-refractivity contribution is 7.89. The first kappa shape index (κ1) is 14.0. The van der Waals surface area contributed by atoms with Crippen molar-refractivity contribution in [2.24, 2.45) is 5.92 Å². The largest absolute Gasteiger partial charge is 0.341 e. The van der Waals surface area contributed by atoms with Gasteiger partial charge in [0.1, 0.15) is 10.7 Å². The van der Waals surface area contributed by atoms with Crippen molar-refractivity contribution >= 4 is 21.6 Å². The van der Waals surface area contributed by atoms with Gasteiger partial charge in [-0.3, -0.25) is 0 Å². The smallest absolute Gasteiger partial charge is 0.284 e. The molecule has 0 aromatic carbocycles. The normalized spacial score (nSPS) is 32.5. The van der Waals surface area contributed by atoms with Crippen LogP contribution in [0.5, 0.6) is 0 Å². The van der Waals surface area contributed by atoms with Crippen molar-refractivity contribution in [3.05, 3.63) is 10.7 Å². The molecular formula is C13H18ClN3O3S. The number of nitrogens with zero attached hydrogens (tertiary/aromatic N) is 1. The highest BCUT2D eigenvalue weighted by Crippen LogP contribution is 2.45. The lowest BCUT2D eigenvalue weighted by Crippen LogP contribution is -2.51. The number of rotatable bonds is 4. The third-order valence-corrected chi connectivity index (χ3v) is 6.88. The minimum atomic E-state index is -3.77. The molecule has 1 aliphatic heterocycles. The van der Waals surface area contributed by atoms with Gasteiger partial charge < -0.3 is 9.84 Å². The van der Waals surface area contributed by atoms with E-state index in [0.717, 1.165) is 38.6 Å². The summed E-state index contributed by atoms with van der Waals surface area (Å²) in [6.45, 7) is 1.53. The van der Waals surface area contributed by atoms with E-state index in [1.807, 2.05) is 0 Å². The maximum absolute atomic E-state index is 12.6. The van der Waals surface area contributed by atoms with Gasteiger partial charge in [-0.2, -0.15) is 0 Å². The molecule has 3 fully saturated rings. The summed E-state index contributed by atoms with van der Waals surface area (Å²) in [6, 6.07) is 0. The van der Waals surface area contributed by atoms with E-state index in [1.54, 1.807) is 0 Å². The van der Waals surface area contributed by atoms with Crippen molar-refractivity contribution < 1.29 is 12.9 Å². The number of sulfonamides is 1. The van der Waals surface area contributed by atoms with Gasteiger partial charge >= 0.3 is 0 Å². The zero-order chi connectivity index (χ0) is 14.7. The lowest BCUT2D eigenvalue weighted by molar-refractivity contribution is 0.319. The van der Waals surface area contributed by atoms with Crippen molar-refractivity contribution in [2.45, 2.75) is 48.7 Å². The molecule has 8 heteroatoms. The standard InChI is InChI=1S/C13H18ClN3O3S/c14-10-11(8-3-4-8)16-20-12(10)21(18,19)17-13-5-1-2-9(13)6-15-7-13/h8-9,15,17H,1-7H2/t9-,13-/m0/s1. The average molecular weight is 332 g/mol. The molecular weight excluding hydrogens is 314 g/mol. The lowest BCUT2D eigenvalue weighted by Gasteiger charge is -2.28. The van der Waals surface area contributed by atoms with Crippen LogP contribution < -0.4 is 10.0 Å². The molecule has 1 aromatic rings. The highest BCUT2D eigenvalue weighted by Gasteiger charge is 2.49. The van der Waals surface area contributed by atoms with Crippen molar-refractivity contribution in [1.82, 2.24) is 15.2 Å². The SMILES string of the molecule is O=S(=O)(N[C@]12CCC[C@H]1CNC2)c1onc(C2CC2)c1Cl. The molecule has 4 rings (SSSR count). The Morgan fingerprint density at radius 3 is 2.95 bits per heavy atom. The molecule has 2 saturated carbocycles. The molecule has 2 atom stereocenters. The molecule has 0 radical (unpaired) electrons. The van der Waals surface area contributed by atoms with Crippen molar-refractivity contribution in [3.8, 4) is 0 Å². The Balaban J connectivity index is 1.64. The molecule has 3 aliphatic rings. The predicted molar refractivity (Wildman–Crippen MR) is 76.8 cm³/mol. The summed E-state index contributed by atoms with van der Waals surface area (Å²) in [5.74, 6) is 0.604. The average Bonchev–Trinajstić information content (AvgIpc) is 2.89. The van der Waals surface area contributed by atoms with Gasteiger partial charge in [0, 0.05) is 18.0 Å². The molecule has 2 aliphatic carbocycles. The van der Waals surface area contributed by atoms with Gasteiger partial charge in [-0.25, -0.2) is 13.1 Å². The van der Waals surface area contributed by atoms with Crippen LogP contribution in [-0.4, -0.2) is 32.2 Å². The van der Waals surface area contributed by atoms with E-state index in [-0.39, 0.29) is 16.0 Å². The Bertz CT molecular complexity index is 658. The zero-order valence-electron chi connectivity index (χ0n) is 11.6. The Morgan fingerprint density at radius 2 is 2.19 bits per heavy atom. The number of fused-ring (bicyclic) bond motifs is 1. The van der Waals surface area contributed by atoms with Gasteiger partial charge in [-0.1, -0.05) is 23.2 Å². The molecule has 116 valence electrons. The molecule has 21 heavy (non-hydrogen) atoms. The number of aromatic nitrogens is 1. The molecule has 0 unspecified atom stereocenters. The van der Waals surface area contributed by atoms with E-state index in [2.05, 4.69) is 15.2 Å². The third-order valence-electron chi connectivity index (χ3n) is 4.96. The van der Waals surface area contributed by atoms with Crippen LogP contribution in [0.2, 0.25) is 5.02 Å². The molecule has 0 spiro atoms. The molecule has 0 bridgehead atoms. The van der Waals surface area contributed by atoms with Crippen LogP contribution in [0.1, 0.15) is 43.7 Å². The van der Waals surface area contributed by atoms with Crippen LogP contribution in [-0.2, 0) is 10.0 Å². The Hall–Kier alpha value is -0.630. The van der Waals surface area contributed by atoms with Crippen LogP contribution in [0.25, 0.3) is 0 Å². The minimum absolute atomic E-state index is 0.155. The molecule has 2 N–H and O–H groups in total. The summed E-state index contributed by atoms with van der Waals surface area (Å²) in [5, 5.41) is 7.07. The second kappa shape index (κ2) is 4.68. The fourth-order valence-electron chi connectivity index (χ4n) is 3.68. The summed E-state index contributed by atoms with van der Waals surface area (Å²) in [6.07, 6.45) is 4.94. The van der Waals surface area contributed by atoms with Crippen molar-refractivity contribution in [2.75, 3.05) is 13.1 Å². The van der Waals surface area contributed by atoms with E-state index in [1.165, 1.54) is 0 Å². The second-order valence-electron chi connectivity index (χ2n) is 6.43. The molecule has 1 saturated heterocycles. The third kappa shape index (κ3) is 2.21. The second-order valence-corrected chi connectivity index (χ2v) is 8.38. The highest BCUT2D eigenvalue weighted by atomic mass is 35.5. The van der Waals surface area contributed by atoms with Gasteiger partial charge in [0.15, 0.2) is 0 Å². The van der Waals surface area contributed by atoms with E-state index < -0.39 is 15.6 Å². The fraction of sp³-hybridized carbons (Fsp3) is 0.769. The van der Waals surface area contributed by atoms with Gasteiger partial charge in [0.2, 0.25) is 0 Å². The maximum atomic E-state index is 12.6. The van der Waals surface area contributed by atoms with Crippen LogP contribution in [0.3, 0.4) is 0 Å². The van der Waals surface area contributed by atoms with Crippen LogP contribution in [0.15, 0.2) is 9.62 Å². The van der Waals surface area contributed by atoms with Crippen molar-refractivity contribution in [3.63, 3.8) is 0 Å². The first-order valence-corrected chi connectivity index (χ1v) is 9.28. The van der Waals surface area contributed by atoms with Gasteiger partial charge in [-0.15, -0.1) is 0 Å². The first-order chi connectivity index (χ1) is 10.0. The lowest BCUT2D eigenvalue weighted by atomic mass is 9.92. The van der Waals surface area contributed by atoms with Crippen LogP contribution in [0.4, 0.5) is 0 Å². The number of nitrogens with one attached hydrogen (secondary N) is 2. The monoisotopic (exact) mass is 331 g/mol. The summed E-state index contributed by atoms with van der Waals surface area (Å²) >= 11 is 6.18. The van der Waals surface area contributed by atoms with Gasteiger partial charge in [0.25, 0.3) is 15.1 Å². The Morgan fingerprint density at radius 1 is 1.38 bits per heavy atom. The van der Waals surface area contributed by atoms with Gasteiger partial charge in [-0.05, 0) is 38.1 Å². The summed E-state index contributed by atoms with van der Waals surface area (Å²) < 4.78 is 33.2. The van der Waals surface area contributed by atoms with Crippen molar-refractivity contribution in [1.29, 1.82) is 0 Å². The predicted octanol–water partition coefficient (Wildman–Crippen LogP) is 1.63. The minimum Gasteiger partial charge on any atom is -0.341 e. The summed E-state index contributed by atoms with van der Waals surface area (Å²) in [7, 11) is -3.77. The zero-order valence-corrected chi connectivity index (χ0v) is 13.1. The van der Waals surface area contributed by atoms with Crippen LogP contribution in [0, 0.1) is 5.92 Å². The van der Waals surface area contributed by atoms with Gasteiger partial charge in [0.05, 0.1) is 0 Å². The Kier molecular flexibility index (Phi) is 3.12. The quantitative estimate of drug-likeness (QED) is 0.876. The molecule has 2 heterocycles. The maximum Gasteiger partial charge on any atom is 0.284 e. The molecule has 1 aromatic heterocycles. The van der Waals surface area contributed by atoms with Crippen LogP contribution >= 0.6 is 11.6 Å². The fourth-order valence-corrected chi connectivity index (χ4v) is 5.65. The number of halogens is 1. The topological polar surface area (TPSA) is 84.2 Å². The molecule has 0 amide bonds. The first-order valence-electron chi connectivity index (χ1n) is 7.42. The summed E-state index contributed by atoms with van der Waals surface area (Å²) in [4.78, 5) is 0. The summed E-state index contributed by atoms with van der Waals surface area (Å²) in [5.41, 5.74) is 0.191. The molecule has 6 nitrogen and oxygen atoms in total. The van der Waals surface area contributed by atoms with E-state index in [4.69, 9.17) is 16.1 Å². The van der Waals surface area contributed by atoms with E-state index >= 15 is 0 Å².